The van der Waals surface area contributed by atoms with Crippen LogP contribution in [0.4, 0.5) is 5.82 Å². The Morgan fingerprint density at radius 2 is 1.46 bits per heavy atom. The van der Waals surface area contributed by atoms with E-state index in [1.165, 1.54) is 0 Å². The molecule has 0 unspecified atom stereocenters. The predicted octanol–water partition coefficient (Wildman–Crippen LogP) is 4.23. The minimum absolute atomic E-state index is 0.742. The fraction of sp³-hybridized carbons (Fsp3) is 0.0952. The largest absolute Gasteiger partial charge is 0.292 e. The van der Waals surface area contributed by atoms with Gasteiger partial charge >= 0.3 is 0 Å². The lowest BCUT2D eigenvalue weighted by Crippen LogP contribution is -2.06. The fourth-order valence-electron chi connectivity index (χ4n) is 2.82. The van der Waals surface area contributed by atoms with E-state index in [1.807, 2.05) is 48.7 Å². The molecule has 116 valence electrons. The van der Waals surface area contributed by atoms with Crippen LogP contribution in [0.5, 0.6) is 0 Å². The number of rotatable bonds is 3. The first-order valence-electron chi connectivity index (χ1n) is 8.09. The number of aromatic nitrogens is 1. The van der Waals surface area contributed by atoms with E-state index >= 15 is 0 Å². The van der Waals surface area contributed by atoms with E-state index in [0.29, 0.717) is 0 Å². The summed E-state index contributed by atoms with van der Waals surface area (Å²) in [6.07, 6.45) is 2.77. The van der Waals surface area contributed by atoms with E-state index in [-0.39, 0.29) is 0 Å². The van der Waals surface area contributed by atoms with Gasteiger partial charge in [0.05, 0.1) is 11.4 Å². The van der Waals surface area contributed by atoms with Gasteiger partial charge in [-0.05, 0) is 12.1 Å². The lowest BCUT2D eigenvalue weighted by molar-refractivity contribution is 0.905. The average molecular weight is 311 g/mol. The molecule has 2 aromatic carbocycles. The Kier molecular flexibility index (Phi) is 3.98. The number of nitrogens with zero attached hydrogens (tertiary/aromatic N) is 3. The van der Waals surface area contributed by atoms with E-state index in [4.69, 9.17) is 9.98 Å². The molecule has 1 aromatic heterocycles. The van der Waals surface area contributed by atoms with Gasteiger partial charge in [0.15, 0.2) is 5.82 Å². The van der Waals surface area contributed by atoms with Gasteiger partial charge in [-0.2, -0.15) is 0 Å². The minimum atomic E-state index is 0.742. The molecule has 0 bridgehead atoms. The molecule has 3 heteroatoms. The van der Waals surface area contributed by atoms with Gasteiger partial charge in [0.2, 0.25) is 0 Å². The Labute approximate surface area is 141 Å². The van der Waals surface area contributed by atoms with Gasteiger partial charge in [-0.25, -0.2) is 9.98 Å². The van der Waals surface area contributed by atoms with Crippen LogP contribution in [0.2, 0.25) is 0 Å². The molecule has 3 nitrogen and oxygen atoms in total. The Balaban J connectivity index is 1.82. The molecule has 0 N–H and O–H groups in total. The molecule has 24 heavy (non-hydrogen) atoms. The molecule has 3 aromatic rings. The fourth-order valence-corrected chi connectivity index (χ4v) is 2.82. The SMILES string of the molecule is C1=NCCc2nc(N=C(c3ccccc3)c3ccccc3)ccc21. The van der Waals surface area contributed by atoms with Crippen LogP contribution >= 0.6 is 0 Å². The highest BCUT2D eigenvalue weighted by Crippen LogP contribution is 2.19. The van der Waals surface area contributed by atoms with E-state index in [2.05, 4.69) is 35.3 Å². The summed E-state index contributed by atoms with van der Waals surface area (Å²) in [5.74, 6) is 0.742. The summed E-state index contributed by atoms with van der Waals surface area (Å²) in [4.78, 5) is 13.9. The van der Waals surface area contributed by atoms with Gasteiger partial charge in [-0.15, -0.1) is 0 Å². The summed E-state index contributed by atoms with van der Waals surface area (Å²) < 4.78 is 0. The van der Waals surface area contributed by atoms with Crippen LogP contribution in [0, 0.1) is 0 Å². The van der Waals surface area contributed by atoms with E-state index < -0.39 is 0 Å². The summed E-state index contributed by atoms with van der Waals surface area (Å²) in [6, 6.07) is 24.5. The Bertz CT molecular complexity index is 855. The standard InChI is InChI=1S/C21H17N3/c1-3-7-16(8-4-1)21(17-9-5-2-6-10-17)24-20-12-11-18-15-22-14-13-19(18)23-20/h1-12,15H,13-14H2. The molecule has 0 fully saturated rings. The zero-order valence-electron chi connectivity index (χ0n) is 13.3. The highest BCUT2D eigenvalue weighted by molar-refractivity contribution is 6.13. The Hall–Kier alpha value is -3.07. The van der Waals surface area contributed by atoms with Gasteiger partial charge < -0.3 is 0 Å². The van der Waals surface area contributed by atoms with Crippen molar-refractivity contribution in [3.63, 3.8) is 0 Å². The first-order chi connectivity index (χ1) is 11.9. The average Bonchev–Trinajstić information content (AvgIpc) is 2.67. The van der Waals surface area contributed by atoms with Crippen LogP contribution in [0.1, 0.15) is 22.4 Å². The zero-order valence-corrected chi connectivity index (χ0v) is 13.3. The van der Waals surface area contributed by atoms with Gasteiger partial charge in [0.1, 0.15) is 0 Å². The molecule has 1 aliphatic rings. The maximum absolute atomic E-state index is 4.87. The van der Waals surface area contributed by atoms with Crippen molar-refractivity contribution < 1.29 is 0 Å². The molecule has 0 atom stereocenters. The second-order valence-electron chi connectivity index (χ2n) is 5.68. The molecule has 0 amide bonds. The molecule has 0 aliphatic carbocycles. The third kappa shape index (κ3) is 3.01. The van der Waals surface area contributed by atoms with E-state index in [0.717, 1.165) is 46.9 Å². The van der Waals surface area contributed by atoms with E-state index in [9.17, 15) is 0 Å². The molecule has 0 saturated heterocycles. The molecular weight excluding hydrogens is 294 g/mol. The van der Waals surface area contributed by atoms with Crippen molar-refractivity contribution in [2.45, 2.75) is 6.42 Å². The lowest BCUT2D eigenvalue weighted by atomic mass is 10.0. The van der Waals surface area contributed by atoms with Crippen LogP contribution in [-0.4, -0.2) is 23.5 Å². The molecule has 4 rings (SSSR count). The van der Waals surface area contributed by atoms with Crippen LogP contribution < -0.4 is 0 Å². The first-order valence-corrected chi connectivity index (χ1v) is 8.09. The van der Waals surface area contributed by atoms with Gasteiger partial charge in [0, 0.05) is 35.9 Å². The third-order valence-electron chi connectivity index (χ3n) is 4.02. The molecule has 2 heterocycles. The summed E-state index contributed by atoms with van der Waals surface area (Å²) in [5.41, 5.74) is 5.29. The normalized spacial score (nSPS) is 12.5. The van der Waals surface area contributed by atoms with Crippen molar-refractivity contribution in [2.24, 2.45) is 9.98 Å². The second kappa shape index (κ2) is 6.59. The number of aliphatic imine (C=N–C) groups is 2. The topological polar surface area (TPSA) is 37.6 Å². The smallest absolute Gasteiger partial charge is 0.152 e. The van der Waals surface area contributed by atoms with Gasteiger partial charge in [-0.3, -0.25) is 4.99 Å². The van der Waals surface area contributed by atoms with Crippen molar-refractivity contribution in [3.8, 4) is 0 Å². The summed E-state index contributed by atoms with van der Waals surface area (Å²) >= 11 is 0. The quantitative estimate of drug-likeness (QED) is 0.667. The molecule has 1 aliphatic heterocycles. The lowest BCUT2D eigenvalue weighted by Gasteiger charge is -2.11. The Morgan fingerprint density at radius 1 is 0.792 bits per heavy atom. The summed E-state index contributed by atoms with van der Waals surface area (Å²) in [6.45, 7) is 0.803. The number of benzene rings is 2. The number of pyridine rings is 1. The maximum Gasteiger partial charge on any atom is 0.152 e. The molecule has 0 radical (unpaired) electrons. The Morgan fingerprint density at radius 3 is 2.12 bits per heavy atom. The van der Waals surface area contributed by atoms with Crippen molar-refractivity contribution >= 4 is 17.7 Å². The highest BCUT2D eigenvalue weighted by atomic mass is 14.9. The maximum atomic E-state index is 4.87. The third-order valence-corrected chi connectivity index (χ3v) is 4.02. The zero-order chi connectivity index (χ0) is 16.2. The number of hydrogen-bond donors (Lipinski definition) is 0. The summed E-state index contributed by atoms with van der Waals surface area (Å²) in [7, 11) is 0. The van der Waals surface area contributed by atoms with Gasteiger partial charge in [0.25, 0.3) is 0 Å². The van der Waals surface area contributed by atoms with Crippen LogP contribution in [0.3, 0.4) is 0 Å². The predicted molar refractivity (Wildman–Crippen MR) is 98.6 cm³/mol. The number of hydrogen-bond acceptors (Lipinski definition) is 3. The first kappa shape index (κ1) is 14.5. The second-order valence-corrected chi connectivity index (χ2v) is 5.68. The van der Waals surface area contributed by atoms with Crippen LogP contribution in [0.25, 0.3) is 0 Å². The van der Waals surface area contributed by atoms with Crippen LogP contribution in [0.15, 0.2) is 82.8 Å². The minimum Gasteiger partial charge on any atom is -0.292 e. The van der Waals surface area contributed by atoms with Crippen molar-refractivity contribution in [1.29, 1.82) is 0 Å². The van der Waals surface area contributed by atoms with Gasteiger partial charge in [-0.1, -0.05) is 60.7 Å². The molecule has 0 spiro atoms. The molecule has 0 saturated carbocycles. The van der Waals surface area contributed by atoms with Crippen LogP contribution in [-0.2, 0) is 6.42 Å². The number of fused-ring (bicyclic) bond motifs is 1. The monoisotopic (exact) mass is 311 g/mol. The van der Waals surface area contributed by atoms with Crippen molar-refractivity contribution in [1.82, 2.24) is 4.98 Å². The van der Waals surface area contributed by atoms with Crippen molar-refractivity contribution in [3.05, 3.63) is 95.2 Å². The van der Waals surface area contributed by atoms with Crippen molar-refractivity contribution in [2.75, 3.05) is 6.54 Å². The summed E-state index contributed by atoms with van der Waals surface area (Å²) in [5, 5.41) is 0. The van der Waals surface area contributed by atoms with E-state index in [1.54, 1.807) is 0 Å². The molecular formula is C21H17N3. The highest BCUT2D eigenvalue weighted by Gasteiger charge is 2.10.